The standard InChI is InChI=1S/C16H14FIN2O4/c1-23-13-7-11(12(18)8-14(13)24-2)16(22)20-19-15(21)9-3-5-10(17)6-4-9/h3-8H,1-2H3,(H,19,21)(H,20,22). The van der Waals surface area contributed by atoms with Crippen molar-refractivity contribution in [1.29, 1.82) is 0 Å². The topological polar surface area (TPSA) is 76.7 Å². The van der Waals surface area contributed by atoms with Gasteiger partial charge in [0.2, 0.25) is 0 Å². The Bertz CT molecular complexity index is 765. The highest BCUT2D eigenvalue weighted by molar-refractivity contribution is 14.1. The molecule has 2 rings (SSSR count). The molecular formula is C16H14FIN2O4. The smallest absolute Gasteiger partial charge is 0.270 e. The molecule has 0 bridgehead atoms. The SMILES string of the molecule is COc1cc(I)c(C(=O)NNC(=O)c2ccc(F)cc2)cc1OC. The van der Waals surface area contributed by atoms with Gasteiger partial charge in [-0.05, 0) is 59.0 Å². The first-order chi connectivity index (χ1) is 11.5. The minimum Gasteiger partial charge on any atom is -0.493 e. The Hall–Kier alpha value is -2.36. The fraction of sp³-hybridized carbons (Fsp3) is 0.125. The lowest BCUT2D eigenvalue weighted by molar-refractivity contribution is 0.0846. The van der Waals surface area contributed by atoms with E-state index < -0.39 is 17.6 Å². The summed E-state index contributed by atoms with van der Waals surface area (Å²) >= 11 is 1.98. The van der Waals surface area contributed by atoms with E-state index in [4.69, 9.17) is 9.47 Å². The number of hydrogen-bond acceptors (Lipinski definition) is 4. The monoisotopic (exact) mass is 444 g/mol. The molecule has 0 unspecified atom stereocenters. The third kappa shape index (κ3) is 4.13. The second-order valence-electron chi connectivity index (χ2n) is 4.60. The summed E-state index contributed by atoms with van der Waals surface area (Å²) in [4.78, 5) is 24.1. The van der Waals surface area contributed by atoms with Gasteiger partial charge < -0.3 is 9.47 Å². The maximum atomic E-state index is 12.8. The second kappa shape index (κ2) is 7.95. The van der Waals surface area contributed by atoms with E-state index >= 15 is 0 Å². The van der Waals surface area contributed by atoms with E-state index in [1.807, 2.05) is 22.6 Å². The van der Waals surface area contributed by atoms with Crippen LogP contribution in [0.3, 0.4) is 0 Å². The van der Waals surface area contributed by atoms with Crippen LogP contribution < -0.4 is 20.3 Å². The molecule has 2 aromatic carbocycles. The number of rotatable bonds is 4. The van der Waals surface area contributed by atoms with Crippen molar-refractivity contribution in [3.8, 4) is 11.5 Å². The number of methoxy groups -OCH3 is 2. The van der Waals surface area contributed by atoms with Gasteiger partial charge in [0.25, 0.3) is 11.8 Å². The molecule has 2 aromatic rings. The van der Waals surface area contributed by atoms with Crippen molar-refractivity contribution in [3.63, 3.8) is 0 Å². The molecule has 8 heteroatoms. The van der Waals surface area contributed by atoms with Gasteiger partial charge in [-0.3, -0.25) is 20.4 Å². The van der Waals surface area contributed by atoms with E-state index in [1.165, 1.54) is 32.4 Å². The third-order valence-corrected chi connectivity index (χ3v) is 4.01. The molecule has 0 spiro atoms. The van der Waals surface area contributed by atoms with Gasteiger partial charge in [0, 0.05) is 9.13 Å². The molecule has 2 amide bonds. The fourth-order valence-corrected chi connectivity index (χ4v) is 2.57. The Morgan fingerprint density at radius 2 is 1.50 bits per heavy atom. The first-order valence-electron chi connectivity index (χ1n) is 6.74. The normalized spacial score (nSPS) is 10.0. The van der Waals surface area contributed by atoms with E-state index in [0.29, 0.717) is 20.6 Å². The molecule has 0 aliphatic rings. The van der Waals surface area contributed by atoms with Crippen LogP contribution in [0.1, 0.15) is 20.7 Å². The number of hydrazine groups is 1. The Balaban J connectivity index is 2.09. The summed E-state index contributed by atoms with van der Waals surface area (Å²) in [6.07, 6.45) is 0. The molecule has 0 aliphatic carbocycles. The molecule has 24 heavy (non-hydrogen) atoms. The van der Waals surface area contributed by atoms with Gasteiger partial charge in [0.1, 0.15) is 5.82 Å². The number of halogens is 2. The van der Waals surface area contributed by atoms with E-state index in [0.717, 1.165) is 12.1 Å². The zero-order valence-corrected chi connectivity index (χ0v) is 15.0. The van der Waals surface area contributed by atoms with Crippen molar-refractivity contribution in [2.45, 2.75) is 0 Å². The highest BCUT2D eigenvalue weighted by Gasteiger charge is 2.16. The summed E-state index contributed by atoms with van der Waals surface area (Å²) in [6.45, 7) is 0. The number of ether oxygens (including phenoxy) is 2. The molecule has 6 nitrogen and oxygen atoms in total. The number of amides is 2. The van der Waals surface area contributed by atoms with Crippen molar-refractivity contribution >= 4 is 34.4 Å². The van der Waals surface area contributed by atoms with Crippen molar-refractivity contribution < 1.29 is 23.5 Å². The Labute approximate surface area is 151 Å². The zero-order chi connectivity index (χ0) is 17.7. The maximum absolute atomic E-state index is 12.8. The predicted molar refractivity (Wildman–Crippen MR) is 93.6 cm³/mol. The maximum Gasteiger partial charge on any atom is 0.270 e. The number of hydrogen-bond donors (Lipinski definition) is 2. The second-order valence-corrected chi connectivity index (χ2v) is 5.76. The average Bonchev–Trinajstić information content (AvgIpc) is 2.59. The summed E-state index contributed by atoms with van der Waals surface area (Å²) in [6, 6.07) is 8.12. The summed E-state index contributed by atoms with van der Waals surface area (Å²) in [5, 5.41) is 0. The summed E-state index contributed by atoms with van der Waals surface area (Å²) in [5.41, 5.74) is 5.12. The lowest BCUT2D eigenvalue weighted by Gasteiger charge is -2.12. The summed E-state index contributed by atoms with van der Waals surface area (Å²) < 4.78 is 23.8. The van der Waals surface area contributed by atoms with Crippen molar-refractivity contribution in [3.05, 3.63) is 56.9 Å². The molecule has 0 saturated carbocycles. The van der Waals surface area contributed by atoms with E-state index in [9.17, 15) is 14.0 Å². The van der Waals surface area contributed by atoms with Crippen LogP contribution in [-0.2, 0) is 0 Å². The molecule has 0 radical (unpaired) electrons. The zero-order valence-electron chi connectivity index (χ0n) is 12.9. The minimum atomic E-state index is -0.557. The lowest BCUT2D eigenvalue weighted by atomic mass is 10.2. The quantitative estimate of drug-likeness (QED) is 0.562. The van der Waals surface area contributed by atoms with Crippen LogP contribution in [-0.4, -0.2) is 26.0 Å². The van der Waals surface area contributed by atoms with Crippen LogP contribution in [0.25, 0.3) is 0 Å². The fourth-order valence-electron chi connectivity index (χ4n) is 1.88. The number of carbonyl (C=O) groups excluding carboxylic acids is 2. The van der Waals surface area contributed by atoms with Gasteiger partial charge in [-0.2, -0.15) is 0 Å². The number of carbonyl (C=O) groups is 2. The van der Waals surface area contributed by atoms with Gasteiger partial charge >= 0.3 is 0 Å². The van der Waals surface area contributed by atoms with Crippen molar-refractivity contribution in [2.75, 3.05) is 14.2 Å². The molecule has 0 heterocycles. The first kappa shape index (κ1) is 18.0. The number of nitrogens with one attached hydrogen (secondary N) is 2. The Kier molecular flexibility index (Phi) is 5.96. The van der Waals surface area contributed by atoms with E-state index in [-0.39, 0.29) is 5.56 Å². The minimum absolute atomic E-state index is 0.221. The molecule has 0 fully saturated rings. The summed E-state index contributed by atoms with van der Waals surface area (Å²) in [7, 11) is 2.96. The molecular weight excluding hydrogens is 430 g/mol. The molecule has 0 atom stereocenters. The summed E-state index contributed by atoms with van der Waals surface area (Å²) in [5.74, 6) is -0.633. The highest BCUT2D eigenvalue weighted by atomic mass is 127. The van der Waals surface area contributed by atoms with Gasteiger partial charge in [-0.25, -0.2) is 4.39 Å². The number of benzene rings is 2. The molecule has 0 aliphatic heterocycles. The Morgan fingerprint density at radius 3 is 2.08 bits per heavy atom. The van der Waals surface area contributed by atoms with Crippen LogP contribution >= 0.6 is 22.6 Å². The first-order valence-corrected chi connectivity index (χ1v) is 7.82. The van der Waals surface area contributed by atoms with E-state index in [2.05, 4.69) is 10.9 Å². The van der Waals surface area contributed by atoms with Gasteiger partial charge in [-0.1, -0.05) is 0 Å². The van der Waals surface area contributed by atoms with E-state index in [1.54, 1.807) is 6.07 Å². The van der Waals surface area contributed by atoms with Crippen LogP contribution in [0.4, 0.5) is 4.39 Å². The molecule has 2 N–H and O–H groups in total. The third-order valence-electron chi connectivity index (χ3n) is 3.11. The van der Waals surface area contributed by atoms with Crippen LogP contribution in [0.15, 0.2) is 36.4 Å². The van der Waals surface area contributed by atoms with Gasteiger partial charge in [0.05, 0.1) is 19.8 Å². The lowest BCUT2D eigenvalue weighted by Crippen LogP contribution is -2.41. The van der Waals surface area contributed by atoms with Gasteiger partial charge in [-0.15, -0.1) is 0 Å². The molecule has 0 saturated heterocycles. The molecule has 126 valence electrons. The average molecular weight is 444 g/mol. The van der Waals surface area contributed by atoms with Crippen LogP contribution in [0.2, 0.25) is 0 Å². The van der Waals surface area contributed by atoms with Crippen molar-refractivity contribution in [2.24, 2.45) is 0 Å². The predicted octanol–water partition coefficient (Wildman–Crippen LogP) is 2.52. The molecule has 0 aromatic heterocycles. The van der Waals surface area contributed by atoms with Crippen LogP contribution in [0, 0.1) is 9.39 Å². The largest absolute Gasteiger partial charge is 0.493 e. The van der Waals surface area contributed by atoms with Crippen LogP contribution in [0.5, 0.6) is 11.5 Å². The Morgan fingerprint density at radius 1 is 0.958 bits per heavy atom. The van der Waals surface area contributed by atoms with Gasteiger partial charge in [0.15, 0.2) is 11.5 Å². The van der Waals surface area contributed by atoms with Crippen molar-refractivity contribution in [1.82, 2.24) is 10.9 Å². The highest BCUT2D eigenvalue weighted by Crippen LogP contribution is 2.31.